The number of fused-ring (bicyclic) bond motifs is 1. The molecule has 3 rings (SSSR count). The third kappa shape index (κ3) is 4.10. The highest BCUT2D eigenvalue weighted by molar-refractivity contribution is 5.93. The van der Waals surface area contributed by atoms with Crippen LogP contribution in [0.1, 0.15) is 39.3 Å². The van der Waals surface area contributed by atoms with Gasteiger partial charge in [-0.1, -0.05) is 23.4 Å². The van der Waals surface area contributed by atoms with Crippen molar-refractivity contribution in [3.05, 3.63) is 53.5 Å². The van der Waals surface area contributed by atoms with Crippen molar-refractivity contribution in [3.8, 4) is 0 Å². The van der Waals surface area contributed by atoms with Crippen LogP contribution >= 0.6 is 0 Å². The number of rotatable bonds is 6. The van der Waals surface area contributed by atoms with E-state index in [0.717, 1.165) is 34.1 Å². The summed E-state index contributed by atoms with van der Waals surface area (Å²) in [6.07, 6.45) is 12.9. The molecule has 0 spiro atoms. The van der Waals surface area contributed by atoms with Gasteiger partial charge in [0.2, 0.25) is 0 Å². The monoisotopic (exact) mass is 335 g/mol. The number of aryl methyl sites for hydroxylation is 1. The summed E-state index contributed by atoms with van der Waals surface area (Å²) < 4.78 is 1.88. The van der Waals surface area contributed by atoms with Crippen molar-refractivity contribution >= 4 is 16.7 Å². The maximum Gasteiger partial charge on any atom is 0.134 e. The first-order chi connectivity index (χ1) is 12.1. The van der Waals surface area contributed by atoms with Crippen molar-refractivity contribution in [2.75, 3.05) is 0 Å². The Morgan fingerprint density at radius 3 is 2.76 bits per heavy atom. The van der Waals surface area contributed by atoms with Crippen LogP contribution in [0.15, 0.2) is 52.8 Å². The zero-order valence-electron chi connectivity index (χ0n) is 15.4. The Morgan fingerprint density at radius 1 is 1.28 bits per heavy atom. The lowest BCUT2D eigenvalue weighted by molar-refractivity contribution is 0.657. The number of hydrogen-bond acceptors (Lipinski definition) is 4. The predicted molar refractivity (Wildman–Crippen MR) is 103 cm³/mol. The maximum atomic E-state index is 4.74. The molecule has 0 saturated heterocycles. The highest BCUT2D eigenvalue weighted by Crippen LogP contribution is 2.36. The van der Waals surface area contributed by atoms with Crippen LogP contribution in [0.25, 0.3) is 11.0 Å². The van der Waals surface area contributed by atoms with Crippen molar-refractivity contribution in [1.82, 2.24) is 20.0 Å². The van der Waals surface area contributed by atoms with Gasteiger partial charge < -0.3 is 0 Å². The molecule has 0 aromatic carbocycles. The van der Waals surface area contributed by atoms with E-state index in [-0.39, 0.29) is 0 Å². The summed E-state index contributed by atoms with van der Waals surface area (Å²) in [5, 5.41) is 8.49. The SMILES string of the molecule is C\C=C(Cn1nnc2c(C)nccc21)/N=C(C)/C=C\C(=C/C)C1CC1. The molecule has 130 valence electrons. The van der Waals surface area contributed by atoms with Crippen LogP contribution in [0.4, 0.5) is 0 Å². The summed E-state index contributed by atoms with van der Waals surface area (Å²) in [5.74, 6) is 0.758. The van der Waals surface area contributed by atoms with Gasteiger partial charge in [-0.3, -0.25) is 9.98 Å². The number of aromatic nitrogens is 4. The third-order valence-electron chi connectivity index (χ3n) is 4.48. The smallest absolute Gasteiger partial charge is 0.134 e. The maximum absolute atomic E-state index is 4.74. The number of pyridine rings is 1. The van der Waals surface area contributed by atoms with Crippen molar-refractivity contribution in [1.29, 1.82) is 0 Å². The van der Waals surface area contributed by atoms with Crippen LogP contribution < -0.4 is 0 Å². The van der Waals surface area contributed by atoms with Gasteiger partial charge in [-0.15, -0.1) is 5.10 Å². The van der Waals surface area contributed by atoms with Gasteiger partial charge in [-0.25, -0.2) is 4.68 Å². The molecule has 0 N–H and O–H groups in total. The minimum atomic E-state index is 0.598. The quantitative estimate of drug-likeness (QED) is 0.580. The molecular weight excluding hydrogens is 310 g/mol. The molecule has 0 amide bonds. The number of hydrogen-bond donors (Lipinski definition) is 0. The second kappa shape index (κ2) is 7.55. The van der Waals surface area contributed by atoms with E-state index in [0.29, 0.717) is 6.54 Å². The summed E-state index contributed by atoms with van der Waals surface area (Å²) in [6.45, 7) is 8.69. The van der Waals surface area contributed by atoms with E-state index >= 15 is 0 Å². The van der Waals surface area contributed by atoms with Crippen molar-refractivity contribution in [2.24, 2.45) is 10.9 Å². The van der Waals surface area contributed by atoms with E-state index in [2.05, 4.69) is 40.4 Å². The number of allylic oxidation sites excluding steroid dienone is 6. The van der Waals surface area contributed by atoms with Crippen LogP contribution in [0.3, 0.4) is 0 Å². The average molecular weight is 335 g/mol. The molecule has 2 aromatic rings. The van der Waals surface area contributed by atoms with Gasteiger partial charge >= 0.3 is 0 Å². The fraction of sp³-hybridized carbons (Fsp3) is 0.400. The number of aliphatic imine (C=N–C) groups is 1. The van der Waals surface area contributed by atoms with Gasteiger partial charge in [0.25, 0.3) is 0 Å². The van der Waals surface area contributed by atoms with Gasteiger partial charge in [-0.05, 0) is 64.2 Å². The Balaban J connectivity index is 1.75. The lowest BCUT2D eigenvalue weighted by Crippen LogP contribution is -2.03. The molecule has 1 aliphatic rings. The molecular formula is C20H25N5. The largest absolute Gasteiger partial charge is 0.259 e. The predicted octanol–water partition coefficient (Wildman–Crippen LogP) is 4.41. The molecule has 1 aliphatic carbocycles. The molecule has 25 heavy (non-hydrogen) atoms. The third-order valence-corrected chi connectivity index (χ3v) is 4.48. The van der Waals surface area contributed by atoms with Crippen molar-refractivity contribution in [3.63, 3.8) is 0 Å². The van der Waals surface area contributed by atoms with Crippen molar-refractivity contribution < 1.29 is 0 Å². The molecule has 1 fully saturated rings. The average Bonchev–Trinajstić information content (AvgIpc) is 3.36. The molecule has 0 radical (unpaired) electrons. The normalized spacial score (nSPS) is 17.0. The van der Waals surface area contributed by atoms with Crippen LogP contribution in [0, 0.1) is 12.8 Å². The molecule has 5 nitrogen and oxygen atoms in total. The van der Waals surface area contributed by atoms with E-state index in [1.807, 2.05) is 37.6 Å². The van der Waals surface area contributed by atoms with E-state index in [1.165, 1.54) is 18.4 Å². The van der Waals surface area contributed by atoms with Crippen LogP contribution in [-0.2, 0) is 6.54 Å². The minimum Gasteiger partial charge on any atom is -0.259 e. The van der Waals surface area contributed by atoms with Gasteiger partial charge in [-0.2, -0.15) is 0 Å². The molecule has 1 saturated carbocycles. The van der Waals surface area contributed by atoms with Gasteiger partial charge in [0.1, 0.15) is 5.52 Å². The highest BCUT2D eigenvalue weighted by atomic mass is 15.4. The first-order valence-electron chi connectivity index (χ1n) is 8.82. The minimum absolute atomic E-state index is 0.598. The van der Waals surface area contributed by atoms with E-state index in [9.17, 15) is 0 Å². The second-order valence-corrected chi connectivity index (χ2v) is 6.44. The molecule has 5 heteroatoms. The highest BCUT2D eigenvalue weighted by Gasteiger charge is 2.23. The summed E-state index contributed by atoms with van der Waals surface area (Å²) in [7, 11) is 0. The van der Waals surface area contributed by atoms with E-state index in [1.54, 1.807) is 6.20 Å². The molecule has 0 atom stereocenters. The summed E-state index contributed by atoms with van der Waals surface area (Å²) in [6, 6.07) is 1.94. The van der Waals surface area contributed by atoms with Crippen LogP contribution in [0.2, 0.25) is 0 Å². The Kier molecular flexibility index (Phi) is 5.22. The standard InChI is InChI=1S/C20H25N5/c1-5-16(17-9-10-17)8-7-14(3)22-18(6-2)13-25-19-11-12-21-15(4)20(19)23-24-25/h5-8,11-12,17H,9-10,13H2,1-4H3/b8-7-,16-5+,18-6-,22-14+. The first kappa shape index (κ1) is 17.3. The molecule has 2 aromatic heterocycles. The molecule has 0 bridgehead atoms. The van der Waals surface area contributed by atoms with E-state index in [4.69, 9.17) is 4.99 Å². The Morgan fingerprint density at radius 2 is 2.08 bits per heavy atom. The molecule has 0 unspecified atom stereocenters. The van der Waals surface area contributed by atoms with Crippen molar-refractivity contribution in [2.45, 2.75) is 47.1 Å². The second-order valence-electron chi connectivity index (χ2n) is 6.44. The van der Waals surface area contributed by atoms with Gasteiger partial charge in [0.15, 0.2) is 0 Å². The Labute approximate surface area is 148 Å². The zero-order chi connectivity index (χ0) is 17.8. The fourth-order valence-corrected chi connectivity index (χ4v) is 2.85. The summed E-state index contributed by atoms with van der Waals surface area (Å²) in [4.78, 5) is 9.01. The van der Waals surface area contributed by atoms with Gasteiger partial charge in [0.05, 0.1) is 23.5 Å². The molecule has 0 aliphatic heterocycles. The Hall–Kier alpha value is -2.56. The lowest BCUT2D eigenvalue weighted by atomic mass is 10.1. The Bertz CT molecular complexity index is 879. The fourth-order valence-electron chi connectivity index (χ4n) is 2.85. The van der Waals surface area contributed by atoms with Gasteiger partial charge in [0, 0.05) is 11.9 Å². The molecule has 2 heterocycles. The summed E-state index contributed by atoms with van der Waals surface area (Å²) in [5.41, 5.74) is 6.11. The topological polar surface area (TPSA) is 56.0 Å². The summed E-state index contributed by atoms with van der Waals surface area (Å²) >= 11 is 0. The first-order valence-corrected chi connectivity index (χ1v) is 8.82. The van der Waals surface area contributed by atoms with Crippen LogP contribution in [-0.4, -0.2) is 25.7 Å². The zero-order valence-corrected chi connectivity index (χ0v) is 15.4. The number of nitrogens with zero attached hydrogens (tertiary/aromatic N) is 5. The van der Waals surface area contributed by atoms with Crippen LogP contribution in [0.5, 0.6) is 0 Å². The lowest BCUT2D eigenvalue weighted by Gasteiger charge is -2.04. The van der Waals surface area contributed by atoms with E-state index < -0.39 is 0 Å².